The van der Waals surface area contributed by atoms with Crippen molar-refractivity contribution in [2.45, 2.75) is 32.4 Å². The van der Waals surface area contributed by atoms with Gasteiger partial charge in [-0.05, 0) is 25.3 Å². The zero-order chi connectivity index (χ0) is 12.5. The van der Waals surface area contributed by atoms with Gasteiger partial charge in [-0.3, -0.25) is 0 Å². The lowest BCUT2D eigenvalue weighted by molar-refractivity contribution is 0.402. The van der Waals surface area contributed by atoms with Crippen molar-refractivity contribution in [3.63, 3.8) is 0 Å². The monoisotopic (exact) mass is 317 g/mol. The molecular formula is C12H16BrNO2S. The molecule has 1 aromatic carbocycles. The van der Waals surface area contributed by atoms with Crippen molar-refractivity contribution in [2.75, 3.05) is 4.66 Å². The van der Waals surface area contributed by atoms with Gasteiger partial charge in [0.1, 0.15) is 4.66 Å². The van der Waals surface area contributed by atoms with Crippen LogP contribution in [-0.4, -0.2) is 23.4 Å². The highest BCUT2D eigenvalue weighted by Gasteiger charge is 2.36. The molecule has 0 bridgehead atoms. The predicted octanol–water partition coefficient (Wildman–Crippen LogP) is 2.64. The molecule has 0 spiro atoms. The number of hydrogen-bond donors (Lipinski definition) is 0. The Hall–Kier alpha value is -0.390. The van der Waals surface area contributed by atoms with E-state index in [-0.39, 0.29) is 10.7 Å². The Morgan fingerprint density at radius 3 is 2.35 bits per heavy atom. The van der Waals surface area contributed by atoms with Crippen molar-refractivity contribution in [2.24, 2.45) is 0 Å². The topological polar surface area (TPSA) is 37.4 Å². The standard InChI is InChI=1S/C12H16BrNO2S/c1-10-2-4-11(5-3-10)8-14(12-6-7-12)17(15,16)9-13/h2-5,12H,6-9H2,1H3. The van der Waals surface area contributed by atoms with Gasteiger partial charge >= 0.3 is 0 Å². The highest BCUT2D eigenvalue weighted by molar-refractivity contribution is 9.10. The van der Waals surface area contributed by atoms with E-state index in [1.807, 2.05) is 31.2 Å². The SMILES string of the molecule is Cc1ccc(CN(C2CC2)S(=O)(=O)CBr)cc1. The van der Waals surface area contributed by atoms with E-state index < -0.39 is 10.0 Å². The van der Waals surface area contributed by atoms with Gasteiger partial charge in [0, 0.05) is 12.6 Å². The number of nitrogens with zero attached hydrogens (tertiary/aromatic N) is 1. The molecule has 0 amide bonds. The molecule has 0 aliphatic heterocycles. The third kappa shape index (κ3) is 3.30. The largest absolute Gasteiger partial charge is 0.224 e. The molecule has 0 heterocycles. The first kappa shape index (κ1) is 13.1. The maximum atomic E-state index is 11.9. The lowest BCUT2D eigenvalue weighted by atomic mass is 10.1. The molecule has 0 radical (unpaired) electrons. The minimum Gasteiger partial charge on any atom is -0.211 e. The number of benzene rings is 1. The van der Waals surface area contributed by atoms with Crippen LogP contribution in [0.4, 0.5) is 0 Å². The Balaban J connectivity index is 2.16. The Kier molecular flexibility index (Phi) is 3.90. The summed E-state index contributed by atoms with van der Waals surface area (Å²) in [5.41, 5.74) is 2.24. The van der Waals surface area contributed by atoms with E-state index in [1.54, 1.807) is 4.31 Å². The molecule has 5 heteroatoms. The summed E-state index contributed by atoms with van der Waals surface area (Å²) in [6, 6.07) is 8.23. The van der Waals surface area contributed by atoms with E-state index in [0.29, 0.717) is 6.54 Å². The molecule has 1 saturated carbocycles. The molecule has 0 N–H and O–H groups in total. The summed E-state index contributed by atoms with van der Waals surface area (Å²) >= 11 is 3.06. The van der Waals surface area contributed by atoms with Gasteiger partial charge in [0.25, 0.3) is 0 Å². The summed E-state index contributed by atoms with van der Waals surface area (Å²) in [5, 5.41) is 0. The summed E-state index contributed by atoms with van der Waals surface area (Å²) < 4.78 is 25.5. The number of halogens is 1. The predicted molar refractivity (Wildman–Crippen MR) is 72.5 cm³/mol. The molecule has 2 rings (SSSR count). The highest BCUT2D eigenvalue weighted by atomic mass is 79.9. The van der Waals surface area contributed by atoms with Gasteiger partial charge in [-0.15, -0.1) is 0 Å². The highest BCUT2D eigenvalue weighted by Crippen LogP contribution is 2.31. The van der Waals surface area contributed by atoms with E-state index in [0.717, 1.165) is 18.4 Å². The first-order valence-electron chi connectivity index (χ1n) is 5.64. The average molecular weight is 318 g/mol. The molecule has 1 aromatic rings. The Bertz CT molecular complexity index is 480. The van der Waals surface area contributed by atoms with Crippen molar-refractivity contribution >= 4 is 26.0 Å². The molecule has 0 unspecified atom stereocenters. The number of alkyl halides is 1. The minimum atomic E-state index is -3.16. The third-order valence-corrected chi connectivity index (χ3v) is 6.06. The van der Waals surface area contributed by atoms with Gasteiger partial charge in [0.15, 0.2) is 0 Å². The quantitative estimate of drug-likeness (QED) is 0.783. The van der Waals surface area contributed by atoms with Crippen LogP contribution in [-0.2, 0) is 16.6 Å². The van der Waals surface area contributed by atoms with Gasteiger partial charge in [-0.2, -0.15) is 4.31 Å². The van der Waals surface area contributed by atoms with Crippen LogP contribution in [0.5, 0.6) is 0 Å². The van der Waals surface area contributed by atoms with Crippen LogP contribution in [0.3, 0.4) is 0 Å². The zero-order valence-electron chi connectivity index (χ0n) is 9.77. The van der Waals surface area contributed by atoms with Gasteiger partial charge in [0.2, 0.25) is 10.0 Å². The van der Waals surface area contributed by atoms with Crippen LogP contribution in [0.15, 0.2) is 24.3 Å². The Morgan fingerprint density at radius 2 is 1.88 bits per heavy atom. The van der Waals surface area contributed by atoms with Crippen LogP contribution in [0.2, 0.25) is 0 Å². The lowest BCUT2D eigenvalue weighted by Gasteiger charge is -2.20. The molecule has 3 nitrogen and oxygen atoms in total. The number of sulfonamides is 1. The lowest BCUT2D eigenvalue weighted by Crippen LogP contribution is -2.33. The minimum absolute atomic E-state index is 0.00234. The van der Waals surface area contributed by atoms with Crippen molar-refractivity contribution in [1.82, 2.24) is 4.31 Å². The molecule has 1 fully saturated rings. The third-order valence-electron chi connectivity index (χ3n) is 2.91. The summed E-state index contributed by atoms with van der Waals surface area (Å²) in [7, 11) is -3.16. The first-order chi connectivity index (χ1) is 8.03. The van der Waals surface area contributed by atoms with E-state index in [9.17, 15) is 8.42 Å². The molecule has 1 aliphatic rings. The van der Waals surface area contributed by atoms with E-state index in [2.05, 4.69) is 15.9 Å². The number of aryl methyl sites for hydroxylation is 1. The molecule has 1 aliphatic carbocycles. The Labute approximate surface area is 111 Å². The van der Waals surface area contributed by atoms with Gasteiger partial charge < -0.3 is 0 Å². The zero-order valence-corrected chi connectivity index (χ0v) is 12.2. The van der Waals surface area contributed by atoms with Crippen LogP contribution in [0.25, 0.3) is 0 Å². The second-order valence-corrected chi connectivity index (χ2v) is 7.71. The molecule has 0 saturated heterocycles. The van der Waals surface area contributed by atoms with Crippen molar-refractivity contribution in [1.29, 1.82) is 0 Å². The molecule has 0 aromatic heterocycles. The fourth-order valence-corrected chi connectivity index (χ4v) is 3.68. The van der Waals surface area contributed by atoms with Crippen LogP contribution < -0.4 is 0 Å². The van der Waals surface area contributed by atoms with Crippen LogP contribution in [0.1, 0.15) is 24.0 Å². The van der Waals surface area contributed by atoms with Gasteiger partial charge in [-0.25, -0.2) is 8.42 Å². The second-order valence-electron chi connectivity index (χ2n) is 4.48. The maximum absolute atomic E-state index is 11.9. The average Bonchev–Trinajstić information content (AvgIpc) is 3.12. The molecule has 94 valence electrons. The van der Waals surface area contributed by atoms with Gasteiger partial charge in [-0.1, -0.05) is 45.8 Å². The molecule has 0 atom stereocenters. The van der Waals surface area contributed by atoms with E-state index in [4.69, 9.17) is 0 Å². The van der Waals surface area contributed by atoms with Crippen LogP contribution >= 0.6 is 15.9 Å². The summed E-state index contributed by atoms with van der Waals surface area (Å²) in [5.74, 6) is 0. The summed E-state index contributed by atoms with van der Waals surface area (Å²) in [4.78, 5) is 0. The summed E-state index contributed by atoms with van der Waals surface area (Å²) in [6.45, 7) is 2.51. The maximum Gasteiger partial charge on any atom is 0.224 e. The number of rotatable bonds is 5. The second kappa shape index (κ2) is 5.08. The van der Waals surface area contributed by atoms with E-state index >= 15 is 0 Å². The molecule has 17 heavy (non-hydrogen) atoms. The summed E-state index contributed by atoms with van der Waals surface area (Å²) in [6.07, 6.45) is 1.97. The Morgan fingerprint density at radius 1 is 1.29 bits per heavy atom. The first-order valence-corrected chi connectivity index (χ1v) is 8.37. The van der Waals surface area contributed by atoms with Crippen molar-refractivity contribution < 1.29 is 8.42 Å². The fourth-order valence-electron chi connectivity index (χ4n) is 1.75. The normalized spacial score (nSPS) is 16.4. The molecular weight excluding hydrogens is 302 g/mol. The van der Waals surface area contributed by atoms with Crippen LogP contribution in [0, 0.1) is 6.92 Å². The fraction of sp³-hybridized carbons (Fsp3) is 0.500. The van der Waals surface area contributed by atoms with Gasteiger partial charge in [0.05, 0.1) is 0 Å². The van der Waals surface area contributed by atoms with E-state index in [1.165, 1.54) is 5.56 Å². The number of hydrogen-bond acceptors (Lipinski definition) is 2. The van der Waals surface area contributed by atoms with Crippen molar-refractivity contribution in [3.8, 4) is 0 Å². The smallest absolute Gasteiger partial charge is 0.211 e. The van der Waals surface area contributed by atoms with Crippen molar-refractivity contribution in [3.05, 3.63) is 35.4 Å².